The molecule has 4 aromatic heterocycles. The average molecular weight is 443 g/mol. The van der Waals surface area contributed by atoms with Crippen molar-refractivity contribution in [3.63, 3.8) is 0 Å². The van der Waals surface area contributed by atoms with E-state index < -0.39 is 0 Å². The molecular formula is C18H19BrN8O. The van der Waals surface area contributed by atoms with E-state index in [1.807, 2.05) is 37.0 Å². The Balaban J connectivity index is 1.69. The molecule has 0 radical (unpaired) electrons. The third kappa shape index (κ3) is 3.19. The number of hydrogen-bond donors (Lipinski definition) is 0. The minimum Gasteiger partial charge on any atom is -0.334 e. The van der Waals surface area contributed by atoms with Crippen LogP contribution < -0.4 is 0 Å². The zero-order chi connectivity index (χ0) is 19.8. The number of amides is 1. The fourth-order valence-electron chi connectivity index (χ4n) is 2.98. The number of carbonyl (C=O) groups excluding carboxylic acids is 1. The van der Waals surface area contributed by atoms with Gasteiger partial charge >= 0.3 is 0 Å². The maximum Gasteiger partial charge on any atom is 0.274 e. The second kappa shape index (κ2) is 7.19. The Bertz CT molecular complexity index is 1160. The predicted molar refractivity (Wildman–Crippen MR) is 107 cm³/mol. The van der Waals surface area contributed by atoms with Gasteiger partial charge in [-0.3, -0.25) is 14.2 Å². The van der Waals surface area contributed by atoms with E-state index in [4.69, 9.17) is 0 Å². The van der Waals surface area contributed by atoms with Crippen LogP contribution in [0.1, 0.15) is 23.1 Å². The van der Waals surface area contributed by atoms with Crippen LogP contribution in [-0.4, -0.2) is 52.0 Å². The van der Waals surface area contributed by atoms with Crippen LogP contribution in [-0.2, 0) is 20.1 Å². The van der Waals surface area contributed by atoms with Crippen molar-refractivity contribution in [3.8, 4) is 11.4 Å². The third-order valence-electron chi connectivity index (χ3n) is 4.53. The molecule has 0 bridgehead atoms. The Morgan fingerprint density at radius 3 is 2.75 bits per heavy atom. The van der Waals surface area contributed by atoms with Gasteiger partial charge in [-0.15, -0.1) is 0 Å². The van der Waals surface area contributed by atoms with Crippen molar-refractivity contribution in [2.24, 2.45) is 7.05 Å². The highest BCUT2D eigenvalue weighted by atomic mass is 79.9. The van der Waals surface area contributed by atoms with Gasteiger partial charge in [0.25, 0.3) is 5.91 Å². The van der Waals surface area contributed by atoms with E-state index >= 15 is 0 Å². The van der Waals surface area contributed by atoms with Crippen LogP contribution in [0.4, 0.5) is 0 Å². The number of hydrogen-bond acceptors (Lipinski definition) is 5. The summed E-state index contributed by atoms with van der Waals surface area (Å²) in [6.45, 7) is 3.22. The lowest BCUT2D eigenvalue weighted by Gasteiger charge is -2.15. The van der Waals surface area contributed by atoms with E-state index in [1.165, 1.54) is 0 Å². The van der Waals surface area contributed by atoms with Crippen molar-refractivity contribution in [3.05, 3.63) is 52.7 Å². The van der Waals surface area contributed by atoms with Gasteiger partial charge in [0.2, 0.25) is 0 Å². The van der Waals surface area contributed by atoms with E-state index in [0.29, 0.717) is 17.9 Å². The summed E-state index contributed by atoms with van der Waals surface area (Å²) in [6.07, 6.45) is 5.32. The summed E-state index contributed by atoms with van der Waals surface area (Å²) in [5.41, 5.74) is 3.37. The van der Waals surface area contributed by atoms with Gasteiger partial charge in [-0.25, -0.2) is 9.50 Å². The van der Waals surface area contributed by atoms with Crippen molar-refractivity contribution in [2.75, 3.05) is 7.05 Å². The molecule has 0 N–H and O–H groups in total. The van der Waals surface area contributed by atoms with Crippen LogP contribution in [0, 0.1) is 0 Å². The van der Waals surface area contributed by atoms with Gasteiger partial charge < -0.3 is 4.90 Å². The summed E-state index contributed by atoms with van der Waals surface area (Å²) in [5.74, 6) is -0.184. The van der Waals surface area contributed by atoms with Crippen LogP contribution in [0.3, 0.4) is 0 Å². The largest absolute Gasteiger partial charge is 0.334 e. The minimum absolute atomic E-state index is 0.184. The maximum absolute atomic E-state index is 12.9. The van der Waals surface area contributed by atoms with Crippen molar-refractivity contribution < 1.29 is 4.79 Å². The summed E-state index contributed by atoms with van der Waals surface area (Å²) >= 11 is 3.55. The zero-order valence-electron chi connectivity index (χ0n) is 15.7. The molecule has 0 aliphatic rings. The van der Waals surface area contributed by atoms with Gasteiger partial charge in [-0.2, -0.15) is 15.3 Å². The number of aromatic nitrogens is 7. The highest BCUT2D eigenvalue weighted by molar-refractivity contribution is 9.10. The highest BCUT2D eigenvalue weighted by Crippen LogP contribution is 2.27. The molecule has 0 aliphatic carbocycles. The average Bonchev–Trinajstić information content (AvgIpc) is 3.39. The number of halogens is 1. The fourth-order valence-corrected chi connectivity index (χ4v) is 3.50. The van der Waals surface area contributed by atoms with Gasteiger partial charge in [0, 0.05) is 45.3 Å². The topological polar surface area (TPSA) is 86.1 Å². The molecule has 10 heteroatoms. The standard InChI is InChI=1S/C18H19BrN8O/c1-4-26-11-13(19)17(23-26)15-6-7-20-16-9-14(22-27(15)16)18(28)24(2)10-12-5-8-21-25(12)3/h5-9,11H,4,10H2,1-3H3. The van der Waals surface area contributed by atoms with E-state index in [-0.39, 0.29) is 5.91 Å². The molecule has 0 atom stereocenters. The molecule has 1 amide bonds. The number of carbonyl (C=O) groups is 1. The van der Waals surface area contributed by atoms with Crippen LogP contribution >= 0.6 is 15.9 Å². The molecule has 0 unspecified atom stereocenters. The Morgan fingerprint density at radius 2 is 2.07 bits per heavy atom. The Kier molecular flexibility index (Phi) is 4.71. The second-order valence-electron chi connectivity index (χ2n) is 6.42. The summed E-state index contributed by atoms with van der Waals surface area (Å²) in [6, 6.07) is 5.41. The lowest BCUT2D eigenvalue weighted by Crippen LogP contribution is -2.27. The molecule has 0 aliphatic heterocycles. The van der Waals surface area contributed by atoms with Crippen molar-refractivity contribution in [1.29, 1.82) is 0 Å². The van der Waals surface area contributed by atoms with E-state index in [0.717, 1.165) is 28.1 Å². The first-order valence-electron chi connectivity index (χ1n) is 8.78. The summed E-state index contributed by atoms with van der Waals surface area (Å²) in [5, 5.41) is 13.2. The maximum atomic E-state index is 12.9. The Morgan fingerprint density at radius 1 is 1.25 bits per heavy atom. The number of fused-ring (bicyclic) bond motifs is 1. The Hall–Kier alpha value is -3.01. The van der Waals surface area contributed by atoms with Crippen LogP contribution in [0.2, 0.25) is 0 Å². The molecule has 4 aromatic rings. The van der Waals surface area contributed by atoms with Gasteiger partial charge in [0.05, 0.1) is 22.4 Å². The van der Waals surface area contributed by atoms with Crippen molar-refractivity contribution in [1.82, 2.24) is 39.1 Å². The van der Waals surface area contributed by atoms with Crippen molar-refractivity contribution in [2.45, 2.75) is 20.0 Å². The first-order chi connectivity index (χ1) is 13.5. The summed E-state index contributed by atoms with van der Waals surface area (Å²) in [7, 11) is 3.59. The molecule has 4 heterocycles. The van der Waals surface area contributed by atoms with Crippen LogP contribution in [0.15, 0.2) is 41.3 Å². The lowest BCUT2D eigenvalue weighted by molar-refractivity contribution is 0.0776. The first-order valence-corrected chi connectivity index (χ1v) is 9.57. The number of rotatable bonds is 5. The first kappa shape index (κ1) is 18.4. The van der Waals surface area contributed by atoms with Crippen LogP contribution in [0.25, 0.3) is 17.0 Å². The fraction of sp³-hybridized carbons (Fsp3) is 0.278. The normalized spacial score (nSPS) is 11.3. The highest BCUT2D eigenvalue weighted by Gasteiger charge is 2.20. The molecule has 144 valence electrons. The number of nitrogens with zero attached hydrogens (tertiary/aromatic N) is 8. The van der Waals surface area contributed by atoms with E-state index in [2.05, 4.69) is 36.2 Å². The molecule has 0 saturated heterocycles. The van der Waals surface area contributed by atoms with Gasteiger partial charge in [-0.1, -0.05) is 0 Å². The molecule has 0 saturated carbocycles. The monoisotopic (exact) mass is 442 g/mol. The van der Waals surface area contributed by atoms with Crippen molar-refractivity contribution >= 4 is 27.5 Å². The van der Waals surface area contributed by atoms with Gasteiger partial charge in [0.15, 0.2) is 11.3 Å². The van der Waals surface area contributed by atoms with E-state index in [9.17, 15) is 4.79 Å². The third-order valence-corrected chi connectivity index (χ3v) is 5.11. The minimum atomic E-state index is -0.184. The SMILES string of the molecule is CCn1cc(Br)c(-c2ccnc3cc(C(=O)N(C)Cc4ccnn4C)nn23)n1. The molecule has 0 fully saturated rings. The van der Waals surface area contributed by atoms with Gasteiger partial charge in [0.1, 0.15) is 5.69 Å². The molecule has 28 heavy (non-hydrogen) atoms. The Labute approximate surface area is 169 Å². The van der Waals surface area contributed by atoms with Crippen LogP contribution in [0.5, 0.6) is 0 Å². The molecule has 9 nitrogen and oxygen atoms in total. The molecule has 0 aromatic carbocycles. The smallest absolute Gasteiger partial charge is 0.274 e. The molecule has 0 spiro atoms. The van der Waals surface area contributed by atoms with E-state index in [1.54, 1.807) is 39.6 Å². The molecule has 4 rings (SSSR count). The lowest BCUT2D eigenvalue weighted by atomic mass is 10.3. The summed E-state index contributed by atoms with van der Waals surface area (Å²) in [4.78, 5) is 18.8. The van der Waals surface area contributed by atoms with Gasteiger partial charge in [-0.05, 0) is 35.0 Å². The predicted octanol–water partition coefficient (Wildman–Crippen LogP) is 2.38. The second-order valence-corrected chi connectivity index (χ2v) is 7.27. The quantitative estimate of drug-likeness (QED) is 0.473. The summed E-state index contributed by atoms with van der Waals surface area (Å²) < 4.78 is 6.09. The number of aryl methyl sites for hydroxylation is 2. The zero-order valence-corrected chi connectivity index (χ0v) is 17.3. The molecular weight excluding hydrogens is 424 g/mol.